The van der Waals surface area contributed by atoms with Crippen molar-refractivity contribution in [2.45, 2.75) is 13.1 Å². The largest absolute Gasteiger partial charge is 0.471 e. The zero-order chi connectivity index (χ0) is 19.6. The summed E-state index contributed by atoms with van der Waals surface area (Å²) >= 11 is 0.987. The van der Waals surface area contributed by atoms with Crippen LogP contribution < -0.4 is 0 Å². The van der Waals surface area contributed by atoms with Gasteiger partial charge in [0.2, 0.25) is 11.6 Å². The van der Waals surface area contributed by atoms with Crippen LogP contribution in [0, 0.1) is 0 Å². The number of nitrogens with zero attached hydrogens (tertiary/aromatic N) is 3. The Morgan fingerprint density at radius 1 is 1.19 bits per heavy atom. The van der Waals surface area contributed by atoms with Crippen molar-refractivity contribution in [2.24, 2.45) is 0 Å². The van der Waals surface area contributed by atoms with Gasteiger partial charge in [-0.2, -0.15) is 18.2 Å². The molecule has 2 heterocycles. The topological polar surface area (TPSA) is 95.2 Å². The minimum absolute atomic E-state index is 0.0355. The number of benzene rings is 1. The van der Waals surface area contributed by atoms with E-state index in [0.29, 0.717) is 0 Å². The molecule has 0 unspecified atom stereocenters. The van der Waals surface area contributed by atoms with Crippen molar-refractivity contribution in [2.75, 3.05) is 6.61 Å². The lowest BCUT2D eigenvalue weighted by atomic mass is 10.1. The molecular formula is C16H10F3N3O4S. The number of ketones is 1. The molecule has 11 heteroatoms. The van der Waals surface area contributed by atoms with E-state index >= 15 is 0 Å². The Balaban J connectivity index is 1.78. The van der Waals surface area contributed by atoms with Gasteiger partial charge >= 0.3 is 18.0 Å². The molecule has 7 nitrogen and oxygen atoms in total. The smallest absolute Gasteiger partial charge is 0.461 e. The van der Waals surface area contributed by atoms with Crippen molar-refractivity contribution >= 4 is 23.1 Å². The van der Waals surface area contributed by atoms with E-state index < -0.39 is 23.8 Å². The quantitative estimate of drug-likeness (QED) is 0.479. The number of ether oxygens (including phenoxy) is 1. The summed E-state index contributed by atoms with van der Waals surface area (Å²) in [6, 6.07) is 5.57. The molecule has 0 radical (unpaired) electrons. The third kappa shape index (κ3) is 4.03. The Hall–Kier alpha value is -3.08. The molecule has 140 valence electrons. The predicted octanol–water partition coefficient (Wildman–Crippen LogP) is 3.62. The first-order valence-electron chi connectivity index (χ1n) is 7.48. The lowest BCUT2D eigenvalue weighted by Gasteiger charge is -1.99. The van der Waals surface area contributed by atoms with Gasteiger partial charge in [0.1, 0.15) is 0 Å². The normalized spacial score (nSPS) is 11.4. The molecule has 27 heavy (non-hydrogen) atoms. The van der Waals surface area contributed by atoms with Crippen LogP contribution in [0.25, 0.3) is 11.4 Å². The van der Waals surface area contributed by atoms with Gasteiger partial charge in [-0.25, -0.2) is 9.78 Å². The van der Waals surface area contributed by atoms with Gasteiger partial charge in [-0.05, 0) is 6.92 Å². The molecule has 0 spiro atoms. The zero-order valence-corrected chi connectivity index (χ0v) is 14.4. The van der Waals surface area contributed by atoms with Gasteiger partial charge in [-0.3, -0.25) is 4.79 Å². The molecule has 0 saturated heterocycles. The fourth-order valence-corrected chi connectivity index (χ4v) is 2.77. The number of hydrogen-bond acceptors (Lipinski definition) is 8. The maximum absolute atomic E-state index is 12.5. The minimum Gasteiger partial charge on any atom is -0.461 e. The number of rotatable bonds is 5. The highest BCUT2D eigenvalue weighted by molar-refractivity contribution is 7.12. The average Bonchev–Trinajstić information content (AvgIpc) is 3.31. The number of aromatic nitrogens is 3. The summed E-state index contributed by atoms with van der Waals surface area (Å²) in [6.45, 7) is 1.84. The third-order valence-electron chi connectivity index (χ3n) is 3.26. The molecule has 1 aromatic carbocycles. The van der Waals surface area contributed by atoms with Crippen molar-refractivity contribution in [3.05, 3.63) is 51.8 Å². The van der Waals surface area contributed by atoms with Crippen molar-refractivity contribution in [1.82, 2.24) is 15.1 Å². The van der Waals surface area contributed by atoms with E-state index in [9.17, 15) is 22.8 Å². The van der Waals surface area contributed by atoms with E-state index in [4.69, 9.17) is 4.74 Å². The van der Waals surface area contributed by atoms with Crippen LogP contribution in [0.3, 0.4) is 0 Å². The summed E-state index contributed by atoms with van der Waals surface area (Å²) in [5, 5.41) is 4.78. The molecular weight excluding hydrogens is 387 g/mol. The van der Waals surface area contributed by atoms with Crippen molar-refractivity contribution in [1.29, 1.82) is 0 Å². The van der Waals surface area contributed by atoms with Gasteiger partial charge in [0.25, 0.3) is 0 Å². The molecule has 0 aliphatic rings. The van der Waals surface area contributed by atoms with Crippen molar-refractivity contribution in [3.63, 3.8) is 0 Å². The molecule has 0 aliphatic carbocycles. The second-order valence-electron chi connectivity index (χ2n) is 5.09. The fourth-order valence-electron chi connectivity index (χ4n) is 2.03. The summed E-state index contributed by atoms with van der Waals surface area (Å²) in [5.41, 5.74) is 0.522. The monoisotopic (exact) mass is 397 g/mol. The van der Waals surface area contributed by atoms with E-state index in [1.165, 1.54) is 29.6 Å². The number of esters is 1. The second kappa shape index (κ2) is 7.27. The van der Waals surface area contributed by atoms with Crippen LogP contribution in [0.15, 0.2) is 34.2 Å². The zero-order valence-electron chi connectivity index (χ0n) is 13.6. The summed E-state index contributed by atoms with van der Waals surface area (Å²) in [6.07, 6.45) is -4.73. The Kier molecular flexibility index (Phi) is 5.04. The van der Waals surface area contributed by atoms with Crippen molar-refractivity contribution in [3.8, 4) is 11.4 Å². The first-order chi connectivity index (χ1) is 12.8. The first kappa shape index (κ1) is 18.7. The van der Waals surface area contributed by atoms with Crippen LogP contribution >= 0.6 is 11.3 Å². The first-order valence-corrected chi connectivity index (χ1v) is 8.36. The summed E-state index contributed by atoms with van der Waals surface area (Å²) < 4.78 is 46.5. The summed E-state index contributed by atoms with van der Waals surface area (Å²) in [7, 11) is 0. The van der Waals surface area contributed by atoms with Crippen LogP contribution in [0.4, 0.5) is 13.2 Å². The molecule has 3 rings (SSSR count). The molecule has 0 atom stereocenters. The molecule has 0 amide bonds. The van der Waals surface area contributed by atoms with Gasteiger partial charge in [0.05, 0.1) is 6.61 Å². The molecule has 0 N–H and O–H groups in total. The summed E-state index contributed by atoms with van der Waals surface area (Å²) in [4.78, 5) is 31.2. The van der Waals surface area contributed by atoms with Crippen LogP contribution in [0.5, 0.6) is 0 Å². The molecule has 0 fully saturated rings. The van der Waals surface area contributed by atoms with E-state index in [-0.39, 0.29) is 34.3 Å². The van der Waals surface area contributed by atoms with E-state index in [2.05, 4.69) is 19.6 Å². The maximum atomic E-state index is 12.5. The Morgan fingerprint density at radius 2 is 1.89 bits per heavy atom. The minimum atomic E-state index is -4.73. The highest BCUT2D eigenvalue weighted by atomic mass is 32.1. The Labute approximate surface area is 153 Å². The Bertz CT molecular complexity index is 979. The molecule has 0 saturated carbocycles. The number of halogens is 3. The molecule has 3 aromatic rings. The van der Waals surface area contributed by atoms with Crippen molar-refractivity contribution < 1.29 is 32.0 Å². The number of hydrogen-bond donors (Lipinski definition) is 0. The average molecular weight is 397 g/mol. The van der Waals surface area contributed by atoms with E-state index in [0.717, 1.165) is 11.3 Å². The fraction of sp³-hybridized carbons (Fsp3) is 0.188. The molecule has 2 aromatic heterocycles. The van der Waals surface area contributed by atoms with E-state index in [1.807, 2.05) is 0 Å². The van der Waals surface area contributed by atoms with Gasteiger partial charge in [0, 0.05) is 16.5 Å². The highest BCUT2D eigenvalue weighted by Gasteiger charge is 2.38. The molecule has 0 bridgehead atoms. The standard InChI is InChI=1S/C16H10F3N3O4S/c1-2-25-14(24)10-7-27-13(20-10)11(23)8-3-5-9(6-4-8)12-21-15(26-22-12)16(17,18)19/h3-7H,2H2,1H3. The third-order valence-corrected chi connectivity index (χ3v) is 4.10. The maximum Gasteiger partial charge on any atom is 0.471 e. The lowest BCUT2D eigenvalue weighted by molar-refractivity contribution is -0.159. The highest BCUT2D eigenvalue weighted by Crippen LogP contribution is 2.29. The predicted molar refractivity (Wildman–Crippen MR) is 86.2 cm³/mol. The van der Waals surface area contributed by atoms with Crippen LogP contribution in [-0.4, -0.2) is 33.5 Å². The second-order valence-corrected chi connectivity index (χ2v) is 5.94. The van der Waals surface area contributed by atoms with Gasteiger partial charge in [-0.15, -0.1) is 11.3 Å². The van der Waals surface area contributed by atoms with Gasteiger partial charge in [-0.1, -0.05) is 29.4 Å². The molecule has 0 aliphatic heterocycles. The van der Waals surface area contributed by atoms with Crippen LogP contribution in [-0.2, 0) is 10.9 Å². The van der Waals surface area contributed by atoms with Crippen LogP contribution in [0.2, 0.25) is 0 Å². The number of alkyl halides is 3. The van der Waals surface area contributed by atoms with Gasteiger partial charge in [0.15, 0.2) is 10.7 Å². The van der Waals surface area contributed by atoms with E-state index in [1.54, 1.807) is 6.92 Å². The number of carbonyl (C=O) groups is 2. The number of carbonyl (C=O) groups excluding carboxylic acids is 2. The summed E-state index contributed by atoms with van der Waals surface area (Å²) in [5.74, 6) is -2.76. The number of thiazole rings is 1. The SMILES string of the molecule is CCOC(=O)c1csc(C(=O)c2ccc(-c3noc(C(F)(F)F)n3)cc2)n1. The van der Waals surface area contributed by atoms with Gasteiger partial charge < -0.3 is 9.26 Å². The van der Waals surface area contributed by atoms with Crippen LogP contribution in [0.1, 0.15) is 38.7 Å². The lowest BCUT2D eigenvalue weighted by Crippen LogP contribution is -2.07. The Morgan fingerprint density at radius 3 is 2.48 bits per heavy atom.